The molecular weight excluding hydrogens is 295 g/mol. The maximum absolute atomic E-state index is 13.1. The number of rotatable bonds is 5. The van der Waals surface area contributed by atoms with Gasteiger partial charge >= 0.3 is 0 Å². The van der Waals surface area contributed by atoms with E-state index in [1.54, 1.807) is 12.1 Å². The summed E-state index contributed by atoms with van der Waals surface area (Å²) in [5, 5.41) is 11.4. The first kappa shape index (κ1) is 15.6. The maximum atomic E-state index is 13.1. The van der Waals surface area contributed by atoms with Crippen LogP contribution in [0, 0.1) is 5.82 Å². The molecule has 0 atom stereocenters. The van der Waals surface area contributed by atoms with Crippen LogP contribution in [0.2, 0.25) is 0 Å². The lowest BCUT2D eigenvalue weighted by Gasteiger charge is -2.08. The number of halogens is 1. The Bertz CT molecular complexity index is 683. The summed E-state index contributed by atoms with van der Waals surface area (Å²) < 4.78 is 15.3. The first-order valence-electron chi connectivity index (χ1n) is 8.14. The van der Waals surface area contributed by atoms with Crippen LogP contribution in [0.15, 0.2) is 24.3 Å². The minimum absolute atomic E-state index is 0.105. The normalized spacial score (nSPS) is 14.1. The molecular formula is C17H21FN4O. The number of aryl methyl sites for hydroxylation is 1. The summed E-state index contributed by atoms with van der Waals surface area (Å²) in [4.78, 5) is 11.9. The smallest absolute Gasteiger partial charge is 0.224 e. The van der Waals surface area contributed by atoms with Gasteiger partial charge in [-0.15, -0.1) is 10.2 Å². The molecule has 2 heterocycles. The Morgan fingerprint density at radius 3 is 3.04 bits per heavy atom. The highest BCUT2D eigenvalue weighted by Gasteiger charge is 2.14. The number of carbonyl (C=O) groups excluding carboxylic acids is 1. The molecule has 1 N–H and O–H groups in total. The molecule has 1 aromatic heterocycles. The summed E-state index contributed by atoms with van der Waals surface area (Å²) in [5.41, 5.74) is 0.679. The Balaban J connectivity index is 1.50. The molecule has 0 aliphatic carbocycles. The summed E-state index contributed by atoms with van der Waals surface area (Å²) in [5.74, 6) is 1.57. The summed E-state index contributed by atoms with van der Waals surface area (Å²) in [6.07, 6.45) is 5.40. The highest BCUT2D eigenvalue weighted by atomic mass is 19.1. The monoisotopic (exact) mass is 316 g/mol. The van der Waals surface area contributed by atoms with Crippen molar-refractivity contribution in [1.82, 2.24) is 20.1 Å². The van der Waals surface area contributed by atoms with Gasteiger partial charge in [0.1, 0.15) is 17.5 Å². The molecule has 0 unspecified atom stereocenters. The van der Waals surface area contributed by atoms with Gasteiger partial charge in [0, 0.05) is 25.9 Å². The van der Waals surface area contributed by atoms with E-state index >= 15 is 0 Å². The van der Waals surface area contributed by atoms with Crippen molar-refractivity contribution in [2.45, 2.75) is 45.1 Å². The molecule has 5 nitrogen and oxygen atoms in total. The molecule has 0 saturated carbocycles. The molecule has 0 fully saturated rings. The van der Waals surface area contributed by atoms with E-state index < -0.39 is 0 Å². The van der Waals surface area contributed by atoms with E-state index in [1.165, 1.54) is 25.0 Å². The van der Waals surface area contributed by atoms with Crippen molar-refractivity contribution in [3.05, 3.63) is 47.3 Å². The van der Waals surface area contributed by atoms with E-state index in [0.29, 0.717) is 18.5 Å². The number of amides is 1. The third kappa shape index (κ3) is 4.15. The third-order valence-corrected chi connectivity index (χ3v) is 4.11. The van der Waals surface area contributed by atoms with Gasteiger partial charge < -0.3 is 9.88 Å². The first-order valence-corrected chi connectivity index (χ1v) is 8.14. The summed E-state index contributed by atoms with van der Waals surface area (Å²) in [7, 11) is 0. The first-order chi connectivity index (χ1) is 11.2. The van der Waals surface area contributed by atoms with E-state index in [4.69, 9.17) is 0 Å². The van der Waals surface area contributed by atoms with Gasteiger partial charge in [-0.25, -0.2) is 4.39 Å². The fourth-order valence-electron chi connectivity index (χ4n) is 2.94. The Hall–Kier alpha value is -2.24. The van der Waals surface area contributed by atoms with E-state index in [2.05, 4.69) is 20.1 Å². The quantitative estimate of drug-likeness (QED) is 0.918. The van der Waals surface area contributed by atoms with Crippen molar-refractivity contribution in [2.24, 2.45) is 0 Å². The van der Waals surface area contributed by atoms with Crippen molar-refractivity contribution in [3.63, 3.8) is 0 Å². The standard InChI is InChI=1S/C17H21FN4O/c18-14-6-4-5-13(11-14)12-17(23)19-9-8-16-21-20-15-7-2-1-3-10-22(15)16/h4-6,11H,1-3,7-10,12H2,(H,19,23). The van der Waals surface area contributed by atoms with E-state index in [1.807, 2.05) is 0 Å². The molecule has 0 radical (unpaired) electrons. The van der Waals surface area contributed by atoms with Crippen LogP contribution < -0.4 is 5.32 Å². The Kier molecular flexibility index (Phi) is 5.00. The van der Waals surface area contributed by atoms with E-state index in [0.717, 1.165) is 31.0 Å². The van der Waals surface area contributed by atoms with Crippen LogP contribution in [0.5, 0.6) is 0 Å². The van der Waals surface area contributed by atoms with Crippen LogP contribution in [0.1, 0.15) is 36.5 Å². The summed E-state index contributed by atoms with van der Waals surface area (Å²) in [6.45, 7) is 1.49. The number of nitrogens with one attached hydrogen (secondary N) is 1. The number of hydrogen-bond donors (Lipinski definition) is 1. The number of fused-ring (bicyclic) bond motifs is 1. The topological polar surface area (TPSA) is 59.8 Å². The second-order valence-electron chi connectivity index (χ2n) is 5.90. The Labute approximate surface area is 134 Å². The van der Waals surface area contributed by atoms with Gasteiger partial charge in [-0.05, 0) is 30.5 Å². The number of benzene rings is 1. The van der Waals surface area contributed by atoms with E-state index in [-0.39, 0.29) is 18.1 Å². The molecule has 0 bridgehead atoms. The van der Waals surface area contributed by atoms with Crippen LogP contribution in [-0.2, 0) is 30.6 Å². The predicted molar refractivity (Wildman–Crippen MR) is 84.4 cm³/mol. The third-order valence-electron chi connectivity index (χ3n) is 4.11. The van der Waals surface area contributed by atoms with Crippen LogP contribution in [0.4, 0.5) is 4.39 Å². The minimum Gasteiger partial charge on any atom is -0.355 e. The van der Waals surface area contributed by atoms with Crippen molar-refractivity contribution < 1.29 is 9.18 Å². The molecule has 1 aliphatic rings. The zero-order valence-electron chi connectivity index (χ0n) is 13.1. The fraction of sp³-hybridized carbons (Fsp3) is 0.471. The lowest BCUT2D eigenvalue weighted by atomic mass is 10.1. The van der Waals surface area contributed by atoms with Gasteiger partial charge in [0.25, 0.3) is 0 Å². The van der Waals surface area contributed by atoms with Gasteiger partial charge in [-0.1, -0.05) is 18.6 Å². The van der Waals surface area contributed by atoms with Gasteiger partial charge in [0.05, 0.1) is 6.42 Å². The maximum Gasteiger partial charge on any atom is 0.224 e. The lowest BCUT2D eigenvalue weighted by Crippen LogP contribution is -2.28. The highest BCUT2D eigenvalue weighted by Crippen LogP contribution is 2.14. The Morgan fingerprint density at radius 2 is 2.17 bits per heavy atom. The van der Waals surface area contributed by atoms with Crippen molar-refractivity contribution in [1.29, 1.82) is 0 Å². The fourth-order valence-corrected chi connectivity index (χ4v) is 2.94. The predicted octanol–water partition coefficient (Wildman–Crippen LogP) is 2.04. The summed E-state index contributed by atoms with van der Waals surface area (Å²) >= 11 is 0. The molecule has 1 aliphatic heterocycles. The number of hydrogen-bond acceptors (Lipinski definition) is 3. The van der Waals surface area contributed by atoms with Crippen LogP contribution in [-0.4, -0.2) is 27.2 Å². The number of carbonyl (C=O) groups is 1. The highest BCUT2D eigenvalue weighted by molar-refractivity contribution is 5.78. The second kappa shape index (κ2) is 7.35. The van der Waals surface area contributed by atoms with Crippen LogP contribution >= 0.6 is 0 Å². The van der Waals surface area contributed by atoms with Crippen LogP contribution in [0.25, 0.3) is 0 Å². The van der Waals surface area contributed by atoms with Gasteiger partial charge in [-0.3, -0.25) is 4.79 Å². The SMILES string of the molecule is O=C(Cc1cccc(F)c1)NCCc1nnc2n1CCCCC2. The number of aromatic nitrogens is 3. The lowest BCUT2D eigenvalue weighted by molar-refractivity contribution is -0.120. The van der Waals surface area contributed by atoms with Gasteiger partial charge in [0.2, 0.25) is 5.91 Å². The van der Waals surface area contributed by atoms with Gasteiger partial charge in [-0.2, -0.15) is 0 Å². The molecule has 1 amide bonds. The number of nitrogens with zero attached hydrogens (tertiary/aromatic N) is 3. The Morgan fingerprint density at radius 1 is 1.26 bits per heavy atom. The molecule has 2 aromatic rings. The molecule has 1 aromatic carbocycles. The van der Waals surface area contributed by atoms with Gasteiger partial charge in [0.15, 0.2) is 0 Å². The zero-order valence-corrected chi connectivity index (χ0v) is 13.1. The van der Waals surface area contributed by atoms with Crippen molar-refractivity contribution >= 4 is 5.91 Å². The van der Waals surface area contributed by atoms with E-state index in [9.17, 15) is 9.18 Å². The molecule has 122 valence electrons. The van der Waals surface area contributed by atoms with Crippen molar-refractivity contribution in [3.8, 4) is 0 Å². The van der Waals surface area contributed by atoms with Crippen LogP contribution in [0.3, 0.4) is 0 Å². The zero-order chi connectivity index (χ0) is 16.1. The largest absolute Gasteiger partial charge is 0.355 e. The summed E-state index contributed by atoms with van der Waals surface area (Å²) in [6, 6.07) is 6.13. The molecule has 6 heteroatoms. The van der Waals surface area contributed by atoms with Crippen molar-refractivity contribution in [2.75, 3.05) is 6.54 Å². The average Bonchev–Trinajstić information content (AvgIpc) is 2.76. The molecule has 0 spiro atoms. The molecule has 3 rings (SSSR count). The molecule has 23 heavy (non-hydrogen) atoms. The second-order valence-corrected chi connectivity index (χ2v) is 5.90. The minimum atomic E-state index is -0.318. The average molecular weight is 316 g/mol. The molecule has 0 saturated heterocycles.